The Morgan fingerprint density at radius 3 is 2.60 bits per heavy atom. The van der Waals surface area contributed by atoms with Gasteiger partial charge in [-0.1, -0.05) is 0 Å². The quantitative estimate of drug-likeness (QED) is 0.554. The zero-order valence-corrected chi connectivity index (χ0v) is 12.7. The first-order chi connectivity index (χ1) is 9.30. The fraction of sp³-hybridized carbons (Fsp3) is 0.538. The van der Waals surface area contributed by atoms with Crippen LogP contribution in [0.5, 0.6) is 0 Å². The minimum atomic E-state index is -3.04. The lowest BCUT2D eigenvalue weighted by Crippen LogP contribution is -2.10. The molecule has 0 saturated carbocycles. The molecule has 0 fully saturated rings. The number of aromatic nitrogens is 1. The SMILES string of the molecule is CCOC(=O)c1c(CCCS(C)(=O)=O)cn(C=O)c1C. The molecule has 20 heavy (non-hydrogen) atoms. The van der Waals surface area contributed by atoms with E-state index in [2.05, 4.69) is 0 Å². The standard InChI is InChI=1S/C13H19NO5S/c1-4-19-13(16)12-10(2)14(9-15)8-11(12)6-5-7-20(3,17)18/h8-9H,4-7H2,1-3H3. The van der Waals surface area contributed by atoms with Crippen LogP contribution in [-0.2, 0) is 25.8 Å². The van der Waals surface area contributed by atoms with Gasteiger partial charge < -0.3 is 4.74 Å². The van der Waals surface area contributed by atoms with Crippen molar-refractivity contribution in [2.24, 2.45) is 0 Å². The van der Waals surface area contributed by atoms with E-state index in [0.717, 1.165) is 0 Å². The first-order valence-corrected chi connectivity index (χ1v) is 8.36. The van der Waals surface area contributed by atoms with E-state index in [0.29, 0.717) is 36.1 Å². The first-order valence-electron chi connectivity index (χ1n) is 6.30. The molecule has 0 radical (unpaired) electrons. The van der Waals surface area contributed by atoms with Crippen LogP contribution in [0.25, 0.3) is 0 Å². The van der Waals surface area contributed by atoms with E-state index in [9.17, 15) is 18.0 Å². The Morgan fingerprint density at radius 2 is 2.10 bits per heavy atom. The summed E-state index contributed by atoms with van der Waals surface area (Å²) in [6.45, 7) is 3.60. The highest BCUT2D eigenvalue weighted by atomic mass is 32.2. The molecule has 0 atom stereocenters. The summed E-state index contributed by atoms with van der Waals surface area (Å²) in [4.78, 5) is 22.8. The summed E-state index contributed by atoms with van der Waals surface area (Å²) in [5, 5.41) is 0. The molecule has 0 N–H and O–H groups in total. The van der Waals surface area contributed by atoms with Gasteiger partial charge in [-0.3, -0.25) is 9.36 Å². The smallest absolute Gasteiger partial charge is 0.340 e. The maximum Gasteiger partial charge on any atom is 0.340 e. The highest BCUT2D eigenvalue weighted by Gasteiger charge is 2.20. The van der Waals surface area contributed by atoms with Gasteiger partial charge in [0.1, 0.15) is 9.84 Å². The van der Waals surface area contributed by atoms with Crippen LogP contribution in [0, 0.1) is 6.92 Å². The van der Waals surface area contributed by atoms with Gasteiger partial charge in [-0.2, -0.15) is 0 Å². The Bertz CT molecular complexity index is 601. The van der Waals surface area contributed by atoms with Gasteiger partial charge in [-0.15, -0.1) is 0 Å². The molecule has 0 bridgehead atoms. The maximum atomic E-state index is 11.9. The summed E-state index contributed by atoms with van der Waals surface area (Å²) >= 11 is 0. The van der Waals surface area contributed by atoms with Crippen molar-refractivity contribution in [3.63, 3.8) is 0 Å². The van der Waals surface area contributed by atoms with Crippen LogP contribution in [0.3, 0.4) is 0 Å². The molecule has 1 aromatic rings. The van der Waals surface area contributed by atoms with E-state index >= 15 is 0 Å². The van der Waals surface area contributed by atoms with Gasteiger partial charge in [-0.25, -0.2) is 13.2 Å². The molecule has 0 saturated heterocycles. The third kappa shape index (κ3) is 4.19. The first kappa shape index (κ1) is 16.4. The molecule has 1 rings (SSSR count). The van der Waals surface area contributed by atoms with Gasteiger partial charge in [0.15, 0.2) is 0 Å². The Morgan fingerprint density at radius 1 is 1.45 bits per heavy atom. The maximum absolute atomic E-state index is 11.9. The number of carbonyl (C=O) groups excluding carboxylic acids is 2. The van der Waals surface area contributed by atoms with Crippen molar-refractivity contribution in [1.82, 2.24) is 4.57 Å². The van der Waals surface area contributed by atoms with Crippen LogP contribution < -0.4 is 0 Å². The van der Waals surface area contributed by atoms with E-state index in [1.165, 1.54) is 10.8 Å². The highest BCUT2D eigenvalue weighted by Crippen LogP contribution is 2.19. The van der Waals surface area contributed by atoms with Crippen molar-refractivity contribution in [2.45, 2.75) is 26.7 Å². The number of hydrogen-bond acceptors (Lipinski definition) is 5. The molecule has 7 heteroatoms. The number of rotatable bonds is 7. The second kappa shape index (κ2) is 6.69. The van der Waals surface area contributed by atoms with Gasteiger partial charge in [0.25, 0.3) is 0 Å². The summed E-state index contributed by atoms with van der Waals surface area (Å²) in [7, 11) is -3.04. The van der Waals surface area contributed by atoms with Crippen LogP contribution in [0.1, 0.15) is 35.0 Å². The van der Waals surface area contributed by atoms with Crippen LogP contribution in [0.15, 0.2) is 6.20 Å². The number of sulfone groups is 1. The van der Waals surface area contributed by atoms with E-state index in [1.807, 2.05) is 0 Å². The number of esters is 1. The molecule has 0 aliphatic heterocycles. The highest BCUT2D eigenvalue weighted by molar-refractivity contribution is 7.90. The molecular formula is C13H19NO5S. The van der Waals surface area contributed by atoms with Gasteiger partial charge in [0.2, 0.25) is 6.41 Å². The summed E-state index contributed by atoms with van der Waals surface area (Å²) in [5.41, 5.74) is 1.50. The minimum Gasteiger partial charge on any atom is -0.462 e. The van der Waals surface area contributed by atoms with E-state index in [1.54, 1.807) is 20.0 Å². The van der Waals surface area contributed by atoms with Crippen molar-refractivity contribution in [2.75, 3.05) is 18.6 Å². The number of hydrogen-bond donors (Lipinski definition) is 0. The van der Waals surface area contributed by atoms with Crippen molar-refractivity contribution in [3.8, 4) is 0 Å². The fourth-order valence-corrected chi connectivity index (χ4v) is 2.67. The van der Waals surface area contributed by atoms with Crippen LogP contribution in [-0.4, -0.2) is 44.0 Å². The minimum absolute atomic E-state index is 0.0422. The topological polar surface area (TPSA) is 82.4 Å². The van der Waals surface area contributed by atoms with Gasteiger partial charge in [0.05, 0.1) is 17.9 Å². The summed E-state index contributed by atoms with van der Waals surface area (Å²) in [6.07, 6.45) is 4.13. The molecule has 0 unspecified atom stereocenters. The van der Waals surface area contributed by atoms with Gasteiger partial charge in [-0.05, 0) is 32.3 Å². The van der Waals surface area contributed by atoms with Gasteiger partial charge in [0, 0.05) is 18.1 Å². The number of carbonyl (C=O) groups is 2. The Kier molecular flexibility index (Phi) is 5.50. The van der Waals surface area contributed by atoms with Crippen molar-refractivity contribution in [3.05, 3.63) is 23.0 Å². The van der Waals surface area contributed by atoms with Gasteiger partial charge >= 0.3 is 5.97 Å². The molecule has 1 heterocycles. The Labute approximate surface area is 118 Å². The predicted octanol–water partition coefficient (Wildman–Crippen LogP) is 0.989. The van der Waals surface area contributed by atoms with E-state index < -0.39 is 15.8 Å². The fourth-order valence-electron chi connectivity index (χ4n) is 2.00. The molecule has 0 spiro atoms. The molecule has 1 aromatic heterocycles. The lowest BCUT2D eigenvalue weighted by Gasteiger charge is -2.05. The van der Waals surface area contributed by atoms with E-state index in [4.69, 9.17) is 4.74 Å². The van der Waals surface area contributed by atoms with Crippen LogP contribution in [0.2, 0.25) is 0 Å². The Hall–Kier alpha value is -1.63. The van der Waals surface area contributed by atoms with Crippen LogP contribution >= 0.6 is 0 Å². The average molecular weight is 301 g/mol. The third-order valence-corrected chi connectivity index (χ3v) is 3.95. The lowest BCUT2D eigenvalue weighted by molar-refractivity contribution is 0.0524. The largest absolute Gasteiger partial charge is 0.462 e. The third-order valence-electron chi connectivity index (χ3n) is 2.92. The molecule has 0 amide bonds. The van der Waals surface area contributed by atoms with Crippen molar-refractivity contribution >= 4 is 22.2 Å². The second-order valence-electron chi connectivity index (χ2n) is 4.58. The Balaban J connectivity index is 2.99. The molecule has 0 aliphatic carbocycles. The van der Waals surface area contributed by atoms with Crippen molar-refractivity contribution in [1.29, 1.82) is 0 Å². The number of ether oxygens (including phenoxy) is 1. The van der Waals surface area contributed by atoms with Crippen LogP contribution in [0.4, 0.5) is 0 Å². The molecule has 6 nitrogen and oxygen atoms in total. The molecule has 0 aromatic carbocycles. The second-order valence-corrected chi connectivity index (χ2v) is 6.84. The normalized spacial score (nSPS) is 11.3. The monoisotopic (exact) mass is 301 g/mol. The zero-order valence-electron chi connectivity index (χ0n) is 11.9. The summed E-state index contributed by atoms with van der Waals surface area (Å²) in [6, 6.07) is 0. The van der Waals surface area contributed by atoms with E-state index in [-0.39, 0.29) is 12.4 Å². The molecule has 112 valence electrons. The molecule has 0 aliphatic rings. The zero-order chi connectivity index (χ0) is 15.3. The predicted molar refractivity (Wildman–Crippen MR) is 75.3 cm³/mol. The summed E-state index contributed by atoms with van der Waals surface area (Å²) < 4.78 is 28.5. The lowest BCUT2D eigenvalue weighted by atomic mass is 10.1. The number of aryl methyl sites for hydroxylation is 1. The average Bonchev–Trinajstić information content (AvgIpc) is 2.64. The molecular weight excluding hydrogens is 282 g/mol. The van der Waals surface area contributed by atoms with Crippen molar-refractivity contribution < 1.29 is 22.7 Å². The number of nitrogens with zero attached hydrogens (tertiary/aromatic N) is 1. The summed E-state index contributed by atoms with van der Waals surface area (Å²) in [5.74, 6) is -0.444.